The molecule has 0 saturated heterocycles. The third-order valence-corrected chi connectivity index (χ3v) is 4.01. The van der Waals surface area contributed by atoms with Crippen molar-refractivity contribution in [3.05, 3.63) is 29.3 Å². The molecule has 1 aromatic rings. The molecular formula is C14H15F3N2O. The highest BCUT2D eigenvalue weighted by Crippen LogP contribution is 2.43. The molecule has 2 aliphatic rings. The highest BCUT2D eigenvalue weighted by Gasteiger charge is 2.47. The van der Waals surface area contributed by atoms with Gasteiger partial charge in [0.15, 0.2) is 0 Å². The fourth-order valence-corrected chi connectivity index (χ4v) is 2.74. The van der Waals surface area contributed by atoms with Gasteiger partial charge in [0.05, 0.1) is 5.92 Å². The van der Waals surface area contributed by atoms with E-state index < -0.39 is 12.1 Å². The number of halogens is 3. The van der Waals surface area contributed by atoms with Crippen molar-refractivity contribution in [2.45, 2.75) is 31.5 Å². The molecular weight excluding hydrogens is 269 g/mol. The van der Waals surface area contributed by atoms with Crippen LogP contribution in [0.5, 0.6) is 0 Å². The second-order valence-electron chi connectivity index (χ2n) is 5.50. The number of hydrogen-bond acceptors (Lipinski definition) is 2. The number of nitrogens with two attached hydrogens (primary N) is 1. The third-order valence-electron chi connectivity index (χ3n) is 4.01. The van der Waals surface area contributed by atoms with Gasteiger partial charge in [-0.15, -0.1) is 0 Å². The van der Waals surface area contributed by atoms with Crippen molar-refractivity contribution >= 4 is 11.6 Å². The minimum atomic E-state index is -4.37. The fraction of sp³-hybridized carbons (Fsp3) is 0.500. The molecule has 6 heteroatoms. The van der Waals surface area contributed by atoms with E-state index in [1.54, 1.807) is 6.07 Å². The number of benzene rings is 1. The minimum absolute atomic E-state index is 0.0876. The summed E-state index contributed by atoms with van der Waals surface area (Å²) in [6.45, 7) is -0.112. The maximum Gasteiger partial charge on any atom is 0.397 e. The van der Waals surface area contributed by atoms with Crippen LogP contribution in [0.2, 0.25) is 0 Å². The molecule has 1 atom stereocenters. The van der Waals surface area contributed by atoms with Crippen LogP contribution in [0.3, 0.4) is 0 Å². The van der Waals surface area contributed by atoms with Crippen molar-refractivity contribution in [3.8, 4) is 0 Å². The lowest BCUT2D eigenvalue weighted by molar-refractivity contribution is -0.161. The van der Waals surface area contributed by atoms with Crippen LogP contribution in [-0.2, 0) is 11.3 Å². The molecule has 1 aromatic carbocycles. The molecule has 1 aliphatic heterocycles. The average Bonchev–Trinajstić information content (AvgIpc) is 3.20. The van der Waals surface area contributed by atoms with E-state index in [2.05, 4.69) is 0 Å². The van der Waals surface area contributed by atoms with Crippen molar-refractivity contribution in [1.82, 2.24) is 4.90 Å². The predicted octanol–water partition coefficient (Wildman–Crippen LogP) is 2.67. The highest BCUT2D eigenvalue weighted by atomic mass is 19.4. The smallest absolute Gasteiger partial charge is 0.397 e. The van der Waals surface area contributed by atoms with Gasteiger partial charge in [-0.2, -0.15) is 13.2 Å². The first-order chi connectivity index (χ1) is 9.38. The number of nitrogens with zero attached hydrogens (tertiary/aromatic N) is 1. The van der Waals surface area contributed by atoms with Gasteiger partial charge in [0.25, 0.3) is 0 Å². The number of nitrogen functional groups attached to an aromatic ring is 1. The molecule has 0 bridgehead atoms. The zero-order valence-corrected chi connectivity index (χ0v) is 10.8. The summed E-state index contributed by atoms with van der Waals surface area (Å²) in [7, 11) is 0. The van der Waals surface area contributed by atoms with Crippen LogP contribution in [0.15, 0.2) is 18.2 Å². The Morgan fingerprint density at radius 2 is 2.00 bits per heavy atom. The summed E-state index contributed by atoms with van der Waals surface area (Å²) in [5.74, 6) is -1.90. The molecule has 0 radical (unpaired) electrons. The molecule has 0 aromatic heterocycles. The summed E-state index contributed by atoms with van der Waals surface area (Å²) in [4.78, 5) is 13.4. The Hall–Kier alpha value is -1.72. The Labute approximate surface area is 114 Å². The van der Waals surface area contributed by atoms with E-state index in [4.69, 9.17) is 5.73 Å². The Bertz CT molecular complexity index is 552. The van der Waals surface area contributed by atoms with Gasteiger partial charge in [-0.25, -0.2) is 0 Å². The largest absolute Gasteiger partial charge is 0.398 e. The SMILES string of the molecule is Nc1cccc2c1CN(C(=O)C1CC1)CC2C(F)(F)F. The van der Waals surface area contributed by atoms with Gasteiger partial charge < -0.3 is 10.6 Å². The van der Waals surface area contributed by atoms with Crippen molar-refractivity contribution in [1.29, 1.82) is 0 Å². The number of carbonyl (C=O) groups is 1. The Balaban J connectivity index is 1.99. The van der Waals surface area contributed by atoms with Crippen LogP contribution in [0.25, 0.3) is 0 Å². The standard InChI is InChI=1S/C14H15F3N2O/c15-14(16,17)11-7-19(13(20)8-4-5-8)6-10-9(11)2-1-3-12(10)18/h1-3,8,11H,4-7,18H2. The normalized spacial score (nSPS) is 22.6. The van der Waals surface area contributed by atoms with Crippen LogP contribution in [0.4, 0.5) is 18.9 Å². The summed E-state index contributed by atoms with van der Waals surface area (Å²) in [6, 6.07) is 4.57. The number of rotatable bonds is 1. The fourth-order valence-electron chi connectivity index (χ4n) is 2.74. The first-order valence-corrected chi connectivity index (χ1v) is 6.60. The van der Waals surface area contributed by atoms with Crippen LogP contribution < -0.4 is 5.73 Å². The molecule has 0 spiro atoms. The maximum atomic E-state index is 13.2. The van der Waals surface area contributed by atoms with Gasteiger partial charge in [-0.3, -0.25) is 4.79 Å². The summed E-state index contributed by atoms with van der Waals surface area (Å²) in [6.07, 6.45) is -2.81. The lowest BCUT2D eigenvalue weighted by atomic mass is 9.88. The van der Waals surface area contributed by atoms with Crippen molar-refractivity contribution in [3.63, 3.8) is 0 Å². The van der Waals surface area contributed by atoms with E-state index in [1.165, 1.54) is 17.0 Å². The highest BCUT2D eigenvalue weighted by molar-refractivity contribution is 5.81. The average molecular weight is 284 g/mol. The predicted molar refractivity (Wildman–Crippen MR) is 67.8 cm³/mol. The maximum absolute atomic E-state index is 13.2. The van der Waals surface area contributed by atoms with E-state index in [0.29, 0.717) is 11.3 Å². The lowest BCUT2D eigenvalue weighted by Gasteiger charge is -2.36. The van der Waals surface area contributed by atoms with E-state index in [9.17, 15) is 18.0 Å². The zero-order valence-electron chi connectivity index (χ0n) is 10.8. The number of alkyl halides is 3. The van der Waals surface area contributed by atoms with Crippen molar-refractivity contribution in [2.24, 2.45) is 5.92 Å². The van der Waals surface area contributed by atoms with E-state index in [-0.39, 0.29) is 30.5 Å². The molecule has 20 heavy (non-hydrogen) atoms. The molecule has 2 N–H and O–H groups in total. The van der Waals surface area contributed by atoms with Crippen molar-refractivity contribution < 1.29 is 18.0 Å². The van der Waals surface area contributed by atoms with Crippen LogP contribution in [0.1, 0.15) is 29.9 Å². The van der Waals surface area contributed by atoms with E-state index in [1.807, 2.05) is 0 Å². The molecule has 1 amide bonds. The summed E-state index contributed by atoms with van der Waals surface area (Å²) in [5.41, 5.74) is 6.77. The minimum Gasteiger partial charge on any atom is -0.398 e. The van der Waals surface area contributed by atoms with Crippen molar-refractivity contribution in [2.75, 3.05) is 12.3 Å². The van der Waals surface area contributed by atoms with Gasteiger partial charge in [-0.1, -0.05) is 12.1 Å². The Kier molecular flexibility index (Phi) is 2.92. The van der Waals surface area contributed by atoms with Gasteiger partial charge in [0, 0.05) is 24.7 Å². The molecule has 1 saturated carbocycles. The first-order valence-electron chi connectivity index (χ1n) is 6.60. The quantitative estimate of drug-likeness (QED) is 0.806. The number of fused-ring (bicyclic) bond motifs is 1. The van der Waals surface area contributed by atoms with E-state index >= 15 is 0 Å². The monoisotopic (exact) mass is 284 g/mol. The van der Waals surface area contributed by atoms with Crippen LogP contribution in [-0.4, -0.2) is 23.5 Å². The Morgan fingerprint density at radius 3 is 2.60 bits per heavy atom. The topological polar surface area (TPSA) is 46.3 Å². The molecule has 1 unspecified atom stereocenters. The molecule has 3 nitrogen and oxygen atoms in total. The van der Waals surface area contributed by atoms with Gasteiger partial charge in [-0.05, 0) is 30.0 Å². The number of amides is 1. The lowest BCUT2D eigenvalue weighted by Crippen LogP contribution is -2.43. The summed E-state index contributed by atoms with van der Waals surface area (Å²) >= 11 is 0. The van der Waals surface area contributed by atoms with Gasteiger partial charge in [0.2, 0.25) is 5.91 Å². The number of carbonyl (C=O) groups excluding carboxylic acids is 1. The van der Waals surface area contributed by atoms with E-state index in [0.717, 1.165) is 12.8 Å². The number of hydrogen-bond donors (Lipinski definition) is 1. The third kappa shape index (κ3) is 2.23. The van der Waals surface area contributed by atoms with Gasteiger partial charge >= 0.3 is 6.18 Å². The molecule has 1 fully saturated rings. The first kappa shape index (κ1) is 13.3. The molecule has 1 heterocycles. The summed E-state index contributed by atoms with van der Waals surface area (Å²) in [5, 5.41) is 0. The van der Waals surface area contributed by atoms with Gasteiger partial charge in [0.1, 0.15) is 0 Å². The summed E-state index contributed by atoms with van der Waals surface area (Å²) < 4.78 is 39.7. The number of anilines is 1. The second-order valence-corrected chi connectivity index (χ2v) is 5.50. The Morgan fingerprint density at radius 1 is 1.30 bits per heavy atom. The molecule has 108 valence electrons. The zero-order chi connectivity index (χ0) is 14.5. The molecule has 3 rings (SSSR count). The second kappa shape index (κ2) is 4.40. The molecule has 1 aliphatic carbocycles. The van der Waals surface area contributed by atoms with Crippen LogP contribution >= 0.6 is 0 Å². The van der Waals surface area contributed by atoms with Crippen LogP contribution in [0, 0.1) is 5.92 Å².